The molecule has 1 atom stereocenters. The summed E-state index contributed by atoms with van der Waals surface area (Å²) in [5, 5.41) is 0. The van der Waals surface area contributed by atoms with Crippen LogP contribution in [0.25, 0.3) is 0 Å². The van der Waals surface area contributed by atoms with Crippen LogP contribution in [0.1, 0.15) is 28.4 Å². The van der Waals surface area contributed by atoms with Crippen LogP contribution in [0.5, 0.6) is 5.75 Å². The first kappa shape index (κ1) is 20.3. The van der Waals surface area contributed by atoms with E-state index in [2.05, 4.69) is 0 Å². The van der Waals surface area contributed by atoms with Crippen molar-refractivity contribution in [1.29, 1.82) is 0 Å². The number of ketones is 1. The molecule has 0 radical (unpaired) electrons. The molecule has 0 aliphatic carbocycles. The van der Waals surface area contributed by atoms with E-state index < -0.39 is 7.60 Å². The molecule has 2 aromatic rings. The standard InChI is InChI=1S/C19H23O6P/c1-3-25-26(21,22)14-15-4-6-16(7-5-15)19(20)17-8-10-18(11-9-17)24-13-12-23-2/h4-11H,3,12-14H2,1-2H3,(H,21,22). The summed E-state index contributed by atoms with van der Waals surface area (Å²) >= 11 is 0. The Morgan fingerprint density at radius 2 is 1.58 bits per heavy atom. The summed E-state index contributed by atoms with van der Waals surface area (Å²) in [6, 6.07) is 13.5. The minimum atomic E-state index is -3.64. The minimum absolute atomic E-state index is 0.0805. The lowest BCUT2D eigenvalue weighted by atomic mass is 10.0. The third-order valence-corrected chi connectivity index (χ3v) is 5.03. The third kappa shape index (κ3) is 6.07. The third-order valence-electron chi connectivity index (χ3n) is 3.60. The maximum absolute atomic E-state index is 12.5. The van der Waals surface area contributed by atoms with E-state index in [1.807, 2.05) is 0 Å². The molecule has 140 valence electrons. The molecule has 0 aromatic heterocycles. The van der Waals surface area contributed by atoms with E-state index in [1.54, 1.807) is 62.6 Å². The fraction of sp³-hybridized carbons (Fsp3) is 0.316. The zero-order valence-electron chi connectivity index (χ0n) is 14.9. The fourth-order valence-corrected chi connectivity index (χ4v) is 3.52. The molecule has 7 heteroatoms. The van der Waals surface area contributed by atoms with E-state index in [0.29, 0.717) is 35.7 Å². The van der Waals surface area contributed by atoms with E-state index >= 15 is 0 Å². The Bertz CT molecular complexity index is 755. The summed E-state index contributed by atoms with van der Waals surface area (Å²) in [7, 11) is -2.03. The van der Waals surface area contributed by atoms with Gasteiger partial charge in [0.25, 0.3) is 0 Å². The highest BCUT2D eigenvalue weighted by molar-refractivity contribution is 7.51. The predicted octanol–water partition coefficient (Wildman–Crippen LogP) is 3.66. The highest BCUT2D eigenvalue weighted by Gasteiger charge is 2.19. The fourth-order valence-electron chi connectivity index (χ4n) is 2.35. The van der Waals surface area contributed by atoms with E-state index in [9.17, 15) is 14.3 Å². The number of ether oxygens (including phenoxy) is 2. The smallest absolute Gasteiger partial charge is 0.332 e. The number of hydrogen-bond donors (Lipinski definition) is 1. The summed E-state index contributed by atoms with van der Waals surface area (Å²) in [6.07, 6.45) is -0.0805. The summed E-state index contributed by atoms with van der Waals surface area (Å²) in [5.41, 5.74) is 1.69. The van der Waals surface area contributed by atoms with Crippen molar-refractivity contribution in [3.63, 3.8) is 0 Å². The van der Waals surface area contributed by atoms with E-state index in [-0.39, 0.29) is 18.6 Å². The van der Waals surface area contributed by atoms with Crippen LogP contribution in [-0.4, -0.2) is 37.6 Å². The van der Waals surface area contributed by atoms with Crippen molar-refractivity contribution >= 4 is 13.4 Å². The number of carbonyl (C=O) groups excluding carboxylic acids is 1. The summed E-state index contributed by atoms with van der Waals surface area (Å²) in [4.78, 5) is 22.2. The highest BCUT2D eigenvalue weighted by atomic mass is 31.2. The van der Waals surface area contributed by atoms with Gasteiger partial charge in [0.2, 0.25) is 0 Å². The van der Waals surface area contributed by atoms with Gasteiger partial charge in [-0.05, 0) is 36.8 Å². The van der Waals surface area contributed by atoms with Gasteiger partial charge in [-0.25, -0.2) is 0 Å². The van der Waals surface area contributed by atoms with Gasteiger partial charge in [-0.15, -0.1) is 0 Å². The van der Waals surface area contributed by atoms with Gasteiger partial charge in [-0.1, -0.05) is 24.3 Å². The molecule has 0 aliphatic rings. The van der Waals surface area contributed by atoms with Gasteiger partial charge in [0.05, 0.1) is 19.4 Å². The normalized spacial score (nSPS) is 13.2. The molecule has 0 spiro atoms. The van der Waals surface area contributed by atoms with Crippen LogP contribution in [-0.2, 0) is 20.0 Å². The van der Waals surface area contributed by atoms with Crippen LogP contribution < -0.4 is 4.74 Å². The highest BCUT2D eigenvalue weighted by Crippen LogP contribution is 2.45. The summed E-state index contributed by atoms with van der Waals surface area (Å²) in [5.74, 6) is 0.542. The molecular weight excluding hydrogens is 355 g/mol. The van der Waals surface area contributed by atoms with Crippen molar-refractivity contribution < 1.29 is 28.3 Å². The quantitative estimate of drug-likeness (QED) is 0.386. The molecule has 0 aliphatic heterocycles. The van der Waals surface area contributed by atoms with Crippen LogP contribution in [0.4, 0.5) is 0 Å². The van der Waals surface area contributed by atoms with Gasteiger partial charge >= 0.3 is 7.60 Å². The van der Waals surface area contributed by atoms with E-state index in [4.69, 9.17) is 14.0 Å². The van der Waals surface area contributed by atoms with Crippen LogP contribution >= 0.6 is 7.60 Å². The largest absolute Gasteiger partial charge is 0.491 e. The Morgan fingerprint density at radius 1 is 1.00 bits per heavy atom. The molecule has 0 fully saturated rings. The molecule has 2 aromatic carbocycles. The maximum Gasteiger partial charge on any atom is 0.332 e. The second-order valence-electron chi connectivity index (χ2n) is 5.61. The Hall–Kier alpha value is -1.98. The van der Waals surface area contributed by atoms with Crippen molar-refractivity contribution in [2.75, 3.05) is 26.9 Å². The summed E-state index contributed by atoms with van der Waals surface area (Å²) < 4.78 is 27.0. The van der Waals surface area contributed by atoms with Crippen molar-refractivity contribution in [3.05, 3.63) is 65.2 Å². The summed E-state index contributed by atoms with van der Waals surface area (Å²) in [6.45, 7) is 2.78. The van der Waals surface area contributed by atoms with Crippen molar-refractivity contribution in [2.24, 2.45) is 0 Å². The first-order chi connectivity index (χ1) is 12.4. The second kappa shape index (κ2) is 9.64. The molecule has 26 heavy (non-hydrogen) atoms. The molecule has 0 saturated heterocycles. The van der Waals surface area contributed by atoms with Gasteiger partial charge in [0, 0.05) is 18.2 Å². The number of hydrogen-bond acceptors (Lipinski definition) is 5. The Labute approximate surface area is 153 Å². The first-order valence-electron chi connectivity index (χ1n) is 8.27. The lowest BCUT2D eigenvalue weighted by Gasteiger charge is -2.11. The van der Waals surface area contributed by atoms with E-state index in [1.165, 1.54) is 0 Å². The molecule has 0 amide bonds. The molecule has 2 rings (SSSR count). The Kier molecular flexibility index (Phi) is 7.54. The van der Waals surface area contributed by atoms with Crippen molar-refractivity contribution in [1.82, 2.24) is 0 Å². The van der Waals surface area contributed by atoms with E-state index in [0.717, 1.165) is 0 Å². The van der Waals surface area contributed by atoms with Gasteiger partial charge in [-0.3, -0.25) is 9.36 Å². The lowest BCUT2D eigenvalue weighted by Crippen LogP contribution is -2.05. The number of rotatable bonds is 10. The van der Waals surface area contributed by atoms with Crippen LogP contribution in [0.2, 0.25) is 0 Å². The van der Waals surface area contributed by atoms with Crippen LogP contribution in [0.3, 0.4) is 0 Å². The average Bonchev–Trinajstić information content (AvgIpc) is 2.62. The minimum Gasteiger partial charge on any atom is -0.491 e. The SMILES string of the molecule is CCOP(=O)(O)Cc1ccc(C(=O)c2ccc(OCCOC)cc2)cc1. The molecule has 0 saturated carbocycles. The van der Waals surface area contributed by atoms with Crippen molar-refractivity contribution in [2.45, 2.75) is 13.1 Å². The lowest BCUT2D eigenvalue weighted by molar-refractivity contribution is 0.103. The van der Waals surface area contributed by atoms with Gasteiger partial charge < -0.3 is 18.9 Å². The zero-order chi connectivity index (χ0) is 19.0. The topological polar surface area (TPSA) is 82.1 Å². The molecule has 1 N–H and O–H groups in total. The monoisotopic (exact) mass is 378 g/mol. The first-order valence-corrected chi connectivity index (χ1v) is 10.0. The molecular formula is C19H23O6P. The van der Waals surface area contributed by atoms with Gasteiger partial charge in [0.15, 0.2) is 5.78 Å². The maximum atomic E-state index is 12.5. The van der Waals surface area contributed by atoms with Gasteiger partial charge in [-0.2, -0.15) is 0 Å². The number of methoxy groups -OCH3 is 1. The van der Waals surface area contributed by atoms with Crippen LogP contribution in [0, 0.1) is 0 Å². The zero-order valence-corrected chi connectivity index (χ0v) is 15.8. The Balaban J connectivity index is 2.02. The predicted molar refractivity (Wildman–Crippen MR) is 98.8 cm³/mol. The molecule has 1 unspecified atom stereocenters. The number of carbonyl (C=O) groups is 1. The van der Waals surface area contributed by atoms with Crippen molar-refractivity contribution in [3.8, 4) is 5.75 Å². The van der Waals surface area contributed by atoms with Gasteiger partial charge in [0.1, 0.15) is 12.4 Å². The second-order valence-corrected chi connectivity index (χ2v) is 7.45. The van der Waals surface area contributed by atoms with Crippen LogP contribution in [0.15, 0.2) is 48.5 Å². The molecule has 6 nitrogen and oxygen atoms in total. The molecule has 0 bridgehead atoms. The number of benzene rings is 2. The molecule has 0 heterocycles. The average molecular weight is 378 g/mol. The Morgan fingerprint density at radius 3 is 2.12 bits per heavy atom.